The summed E-state index contributed by atoms with van der Waals surface area (Å²) in [6.45, 7) is 0. The first-order valence-corrected chi connectivity index (χ1v) is 6.99. The monoisotopic (exact) mass is 340 g/mol. The number of amides is 1. The number of benzene rings is 1. The Morgan fingerprint density at radius 1 is 1.47 bits per heavy atom. The molecule has 1 amide bonds. The van der Waals surface area contributed by atoms with E-state index in [2.05, 4.69) is 36.4 Å². The molecule has 0 atom stereocenters. The molecule has 7 heteroatoms. The smallest absolute Gasteiger partial charge is 0.295 e. The minimum atomic E-state index is -0.336. The van der Waals surface area contributed by atoms with E-state index in [4.69, 9.17) is 11.6 Å². The standard InChI is InChI=1S/C12H10BrClN4O/c13-8-5-7(3-4-9(8)14)15-12(19)11-16-10(17-18-11)6-1-2-6/h3-6H,1-2H2,(H,15,19)(H,16,17,18). The Hall–Kier alpha value is -1.40. The van der Waals surface area contributed by atoms with Crippen molar-refractivity contribution in [2.75, 3.05) is 5.32 Å². The van der Waals surface area contributed by atoms with E-state index in [1.165, 1.54) is 0 Å². The van der Waals surface area contributed by atoms with E-state index >= 15 is 0 Å². The molecule has 0 spiro atoms. The number of nitrogens with zero attached hydrogens (tertiary/aromatic N) is 2. The largest absolute Gasteiger partial charge is 0.319 e. The molecule has 2 aromatic rings. The maximum Gasteiger partial charge on any atom is 0.295 e. The number of aromatic nitrogens is 3. The van der Waals surface area contributed by atoms with Crippen LogP contribution in [0.5, 0.6) is 0 Å². The van der Waals surface area contributed by atoms with Gasteiger partial charge in [0.15, 0.2) is 0 Å². The minimum absolute atomic E-state index is 0.160. The quantitative estimate of drug-likeness (QED) is 0.899. The molecule has 1 saturated carbocycles. The van der Waals surface area contributed by atoms with Crippen molar-refractivity contribution in [3.05, 3.63) is 39.3 Å². The molecule has 2 N–H and O–H groups in total. The molecule has 19 heavy (non-hydrogen) atoms. The van der Waals surface area contributed by atoms with Crippen molar-refractivity contribution in [2.24, 2.45) is 0 Å². The second-order valence-electron chi connectivity index (χ2n) is 4.40. The fourth-order valence-corrected chi connectivity index (χ4v) is 2.17. The summed E-state index contributed by atoms with van der Waals surface area (Å²) in [5.41, 5.74) is 0.638. The summed E-state index contributed by atoms with van der Waals surface area (Å²) in [6.07, 6.45) is 2.22. The molecule has 1 aromatic carbocycles. The summed E-state index contributed by atoms with van der Waals surface area (Å²) in [6, 6.07) is 5.16. The number of nitrogens with one attached hydrogen (secondary N) is 2. The van der Waals surface area contributed by atoms with Crippen LogP contribution in [0.2, 0.25) is 5.02 Å². The van der Waals surface area contributed by atoms with Crippen molar-refractivity contribution >= 4 is 39.1 Å². The molecule has 1 aliphatic carbocycles. The SMILES string of the molecule is O=C(Nc1ccc(Cl)c(Br)c1)c1n[nH]c(C2CC2)n1. The van der Waals surface area contributed by atoms with Gasteiger partial charge in [-0.3, -0.25) is 9.89 Å². The lowest BCUT2D eigenvalue weighted by Crippen LogP contribution is -2.13. The Labute approximate surface area is 122 Å². The van der Waals surface area contributed by atoms with Crippen molar-refractivity contribution in [3.8, 4) is 0 Å². The van der Waals surface area contributed by atoms with E-state index in [0.29, 0.717) is 16.6 Å². The average molecular weight is 342 g/mol. The summed E-state index contributed by atoms with van der Waals surface area (Å²) in [5.74, 6) is 1.06. The van der Waals surface area contributed by atoms with Gasteiger partial charge in [-0.1, -0.05) is 11.6 Å². The number of rotatable bonds is 3. The van der Waals surface area contributed by atoms with Gasteiger partial charge in [-0.05, 0) is 47.0 Å². The molecule has 1 heterocycles. The lowest BCUT2D eigenvalue weighted by Gasteiger charge is -2.03. The van der Waals surface area contributed by atoms with Crippen LogP contribution >= 0.6 is 27.5 Å². The van der Waals surface area contributed by atoms with E-state index in [-0.39, 0.29) is 11.7 Å². The highest BCUT2D eigenvalue weighted by atomic mass is 79.9. The van der Waals surface area contributed by atoms with Crippen LogP contribution in [0.1, 0.15) is 35.2 Å². The Bertz CT molecular complexity index is 638. The van der Waals surface area contributed by atoms with Crippen LogP contribution in [-0.2, 0) is 0 Å². The zero-order valence-corrected chi connectivity index (χ0v) is 12.1. The number of carbonyl (C=O) groups is 1. The molecule has 0 bridgehead atoms. The van der Waals surface area contributed by atoms with Gasteiger partial charge in [0.05, 0.1) is 5.02 Å². The number of H-pyrrole nitrogens is 1. The Morgan fingerprint density at radius 3 is 2.95 bits per heavy atom. The molecule has 98 valence electrons. The van der Waals surface area contributed by atoms with E-state index in [0.717, 1.165) is 23.1 Å². The van der Waals surface area contributed by atoms with Crippen LogP contribution < -0.4 is 5.32 Å². The van der Waals surface area contributed by atoms with Crippen molar-refractivity contribution in [2.45, 2.75) is 18.8 Å². The number of carbonyl (C=O) groups excluding carboxylic acids is 1. The summed E-state index contributed by atoms with van der Waals surface area (Å²) < 4.78 is 0.723. The molecule has 0 aliphatic heterocycles. The molecule has 0 radical (unpaired) electrons. The molecule has 1 aromatic heterocycles. The van der Waals surface area contributed by atoms with Gasteiger partial charge in [0.2, 0.25) is 5.82 Å². The highest BCUT2D eigenvalue weighted by molar-refractivity contribution is 9.10. The summed E-state index contributed by atoms with van der Waals surface area (Å²) in [4.78, 5) is 16.2. The van der Waals surface area contributed by atoms with Gasteiger partial charge in [0.25, 0.3) is 5.91 Å². The Morgan fingerprint density at radius 2 is 2.26 bits per heavy atom. The van der Waals surface area contributed by atoms with Crippen LogP contribution in [-0.4, -0.2) is 21.1 Å². The Balaban J connectivity index is 1.74. The average Bonchev–Trinajstić information content (AvgIpc) is 3.11. The number of halogens is 2. The molecule has 3 rings (SSSR count). The van der Waals surface area contributed by atoms with Gasteiger partial charge in [-0.15, -0.1) is 5.10 Å². The Kier molecular flexibility index (Phi) is 3.28. The number of hydrogen-bond donors (Lipinski definition) is 2. The third-order valence-electron chi connectivity index (χ3n) is 2.85. The molecule has 0 saturated heterocycles. The van der Waals surface area contributed by atoms with Crippen LogP contribution in [0.25, 0.3) is 0 Å². The van der Waals surface area contributed by atoms with Crippen LogP contribution in [0, 0.1) is 0 Å². The van der Waals surface area contributed by atoms with E-state index in [1.807, 2.05) is 0 Å². The fourth-order valence-electron chi connectivity index (χ4n) is 1.68. The van der Waals surface area contributed by atoms with Crippen molar-refractivity contribution < 1.29 is 4.79 Å². The number of aromatic amines is 1. The first kappa shape index (κ1) is 12.6. The zero-order chi connectivity index (χ0) is 13.4. The fraction of sp³-hybridized carbons (Fsp3) is 0.250. The van der Waals surface area contributed by atoms with Crippen LogP contribution in [0.3, 0.4) is 0 Å². The molecular weight excluding hydrogens is 332 g/mol. The third-order valence-corrected chi connectivity index (χ3v) is 4.06. The first-order chi connectivity index (χ1) is 9.13. The second kappa shape index (κ2) is 4.94. The molecular formula is C12H10BrClN4O. The van der Waals surface area contributed by atoms with Crippen LogP contribution in [0.4, 0.5) is 5.69 Å². The molecule has 1 fully saturated rings. The zero-order valence-electron chi connectivity index (χ0n) is 9.78. The van der Waals surface area contributed by atoms with Gasteiger partial charge >= 0.3 is 0 Å². The lowest BCUT2D eigenvalue weighted by molar-refractivity contribution is 0.101. The highest BCUT2D eigenvalue weighted by Crippen LogP contribution is 2.37. The van der Waals surface area contributed by atoms with Crippen molar-refractivity contribution in [1.29, 1.82) is 0 Å². The third kappa shape index (κ3) is 2.79. The summed E-state index contributed by atoms with van der Waals surface area (Å²) in [5, 5.41) is 10.0. The summed E-state index contributed by atoms with van der Waals surface area (Å²) >= 11 is 9.19. The maximum absolute atomic E-state index is 12.0. The maximum atomic E-state index is 12.0. The van der Waals surface area contributed by atoms with E-state index < -0.39 is 0 Å². The lowest BCUT2D eigenvalue weighted by atomic mass is 10.3. The van der Waals surface area contributed by atoms with E-state index in [9.17, 15) is 4.79 Å². The van der Waals surface area contributed by atoms with Gasteiger partial charge in [-0.25, -0.2) is 4.98 Å². The van der Waals surface area contributed by atoms with Crippen LogP contribution in [0.15, 0.2) is 22.7 Å². The van der Waals surface area contributed by atoms with Crippen molar-refractivity contribution in [3.63, 3.8) is 0 Å². The van der Waals surface area contributed by atoms with Gasteiger partial charge in [0.1, 0.15) is 5.82 Å². The van der Waals surface area contributed by atoms with Crippen molar-refractivity contribution in [1.82, 2.24) is 15.2 Å². The first-order valence-electron chi connectivity index (χ1n) is 5.82. The van der Waals surface area contributed by atoms with Gasteiger partial charge in [-0.2, -0.15) is 0 Å². The topological polar surface area (TPSA) is 70.7 Å². The van der Waals surface area contributed by atoms with Gasteiger partial charge in [0, 0.05) is 16.1 Å². The molecule has 1 aliphatic rings. The normalized spacial score (nSPS) is 14.4. The highest BCUT2D eigenvalue weighted by Gasteiger charge is 2.28. The predicted molar refractivity (Wildman–Crippen MR) is 75.5 cm³/mol. The minimum Gasteiger partial charge on any atom is -0.319 e. The molecule has 5 nitrogen and oxygen atoms in total. The molecule has 0 unspecified atom stereocenters. The van der Waals surface area contributed by atoms with Gasteiger partial charge < -0.3 is 5.32 Å². The van der Waals surface area contributed by atoms with E-state index in [1.54, 1.807) is 18.2 Å². The summed E-state index contributed by atoms with van der Waals surface area (Å²) in [7, 11) is 0. The number of anilines is 1. The predicted octanol–water partition coefficient (Wildman–Crippen LogP) is 3.35. The number of hydrogen-bond acceptors (Lipinski definition) is 3. The second-order valence-corrected chi connectivity index (χ2v) is 5.66.